The lowest BCUT2D eigenvalue weighted by Crippen LogP contribution is -2.27. The highest BCUT2D eigenvalue weighted by molar-refractivity contribution is 7.99. The normalized spacial score (nSPS) is 10.7. The van der Waals surface area contributed by atoms with Gasteiger partial charge < -0.3 is 5.32 Å². The highest BCUT2D eigenvalue weighted by Gasteiger charge is 2.14. The van der Waals surface area contributed by atoms with Crippen molar-refractivity contribution < 1.29 is 4.79 Å². The van der Waals surface area contributed by atoms with Crippen molar-refractivity contribution in [2.24, 2.45) is 0 Å². The molecule has 26 heavy (non-hydrogen) atoms. The number of nitrogens with one attached hydrogen (secondary N) is 1. The Morgan fingerprint density at radius 1 is 1.08 bits per heavy atom. The number of carbonyl (C=O) groups is 1. The molecule has 3 aromatic rings. The van der Waals surface area contributed by atoms with Crippen LogP contribution in [-0.4, -0.2) is 38.4 Å². The Balaban J connectivity index is 1.56. The molecule has 0 bridgehead atoms. The second-order valence-corrected chi connectivity index (χ2v) is 6.93. The maximum Gasteiger partial charge on any atom is 0.230 e. The smallest absolute Gasteiger partial charge is 0.230 e. The molecule has 1 amide bonds. The minimum Gasteiger partial charge on any atom is -0.355 e. The summed E-state index contributed by atoms with van der Waals surface area (Å²) in [6.45, 7) is 4.66. The van der Waals surface area contributed by atoms with Crippen molar-refractivity contribution in [3.63, 3.8) is 0 Å². The zero-order valence-corrected chi connectivity index (χ0v) is 15.7. The van der Waals surface area contributed by atoms with Crippen molar-refractivity contribution in [1.29, 1.82) is 0 Å². The number of amides is 1. The maximum absolute atomic E-state index is 12.1. The number of nitrogens with zero attached hydrogens (tertiary/aromatic N) is 4. The summed E-state index contributed by atoms with van der Waals surface area (Å²) < 4.78 is 1.70. The van der Waals surface area contributed by atoms with Crippen molar-refractivity contribution >= 4 is 17.7 Å². The molecule has 0 radical (unpaired) electrons. The first-order valence-electron chi connectivity index (χ1n) is 8.43. The second-order valence-electron chi connectivity index (χ2n) is 5.99. The third-order valence-electron chi connectivity index (χ3n) is 4.00. The quantitative estimate of drug-likeness (QED) is 0.650. The molecule has 0 aliphatic rings. The van der Waals surface area contributed by atoms with Gasteiger partial charge in [0.15, 0.2) is 0 Å². The van der Waals surface area contributed by atoms with Crippen LogP contribution < -0.4 is 5.32 Å². The number of aromatic nitrogens is 4. The molecule has 0 unspecified atom stereocenters. The van der Waals surface area contributed by atoms with E-state index < -0.39 is 0 Å². The monoisotopic (exact) mass is 367 g/mol. The van der Waals surface area contributed by atoms with Gasteiger partial charge >= 0.3 is 0 Å². The first-order chi connectivity index (χ1) is 12.6. The number of aryl methyl sites for hydroxylation is 2. The number of benzene rings is 2. The largest absolute Gasteiger partial charge is 0.355 e. The Bertz CT molecular complexity index is 858. The van der Waals surface area contributed by atoms with E-state index in [1.165, 1.54) is 17.3 Å². The SMILES string of the molecule is Cc1cccc(C)c1-n1nnnc1SCC(=O)NCCc1ccccc1. The van der Waals surface area contributed by atoms with Crippen molar-refractivity contribution in [3.8, 4) is 5.69 Å². The van der Waals surface area contributed by atoms with E-state index in [1.807, 2.05) is 50.2 Å². The summed E-state index contributed by atoms with van der Waals surface area (Å²) in [4.78, 5) is 12.1. The van der Waals surface area contributed by atoms with E-state index in [1.54, 1.807) is 4.68 Å². The van der Waals surface area contributed by atoms with Crippen molar-refractivity contribution in [3.05, 3.63) is 65.2 Å². The predicted octanol–water partition coefficient (Wildman–Crippen LogP) is 2.73. The number of thioether (sulfide) groups is 1. The molecule has 0 aliphatic carbocycles. The predicted molar refractivity (Wildman–Crippen MR) is 103 cm³/mol. The van der Waals surface area contributed by atoms with Crippen LogP contribution in [0.3, 0.4) is 0 Å². The van der Waals surface area contributed by atoms with E-state index in [0.29, 0.717) is 11.7 Å². The molecule has 7 heteroatoms. The summed E-state index contributed by atoms with van der Waals surface area (Å²) in [6.07, 6.45) is 0.817. The first-order valence-corrected chi connectivity index (χ1v) is 9.42. The average Bonchev–Trinajstić information content (AvgIpc) is 3.09. The van der Waals surface area contributed by atoms with E-state index >= 15 is 0 Å². The number of rotatable bonds is 7. The van der Waals surface area contributed by atoms with E-state index in [2.05, 4.69) is 33.0 Å². The van der Waals surface area contributed by atoms with Crippen molar-refractivity contribution in [2.45, 2.75) is 25.4 Å². The lowest BCUT2D eigenvalue weighted by molar-refractivity contribution is -0.118. The van der Waals surface area contributed by atoms with Gasteiger partial charge in [-0.1, -0.05) is 60.3 Å². The number of para-hydroxylation sites is 1. The molecule has 0 spiro atoms. The van der Waals surface area contributed by atoms with Crippen LogP contribution in [0, 0.1) is 13.8 Å². The van der Waals surface area contributed by atoms with E-state index in [9.17, 15) is 4.79 Å². The van der Waals surface area contributed by atoms with Gasteiger partial charge in [0.2, 0.25) is 11.1 Å². The topological polar surface area (TPSA) is 72.7 Å². The molecule has 6 nitrogen and oxygen atoms in total. The standard InChI is InChI=1S/C19H21N5OS/c1-14-7-6-8-15(2)18(14)24-19(21-22-23-24)26-13-17(25)20-12-11-16-9-4-3-5-10-16/h3-10H,11-13H2,1-2H3,(H,20,25). The Morgan fingerprint density at radius 2 is 1.81 bits per heavy atom. The van der Waals surface area contributed by atoms with E-state index in [0.717, 1.165) is 23.2 Å². The molecule has 0 saturated heterocycles. The molecule has 0 aliphatic heterocycles. The minimum absolute atomic E-state index is 0.0259. The van der Waals surface area contributed by atoms with Gasteiger partial charge in [-0.05, 0) is 47.4 Å². The van der Waals surface area contributed by atoms with Gasteiger partial charge in [-0.2, -0.15) is 4.68 Å². The number of hydrogen-bond acceptors (Lipinski definition) is 5. The van der Waals surface area contributed by atoms with Gasteiger partial charge in [0, 0.05) is 6.54 Å². The average molecular weight is 367 g/mol. The number of tetrazole rings is 1. The van der Waals surface area contributed by atoms with Crippen LogP contribution in [0.1, 0.15) is 16.7 Å². The fraction of sp³-hybridized carbons (Fsp3) is 0.263. The van der Waals surface area contributed by atoms with Crippen molar-refractivity contribution in [1.82, 2.24) is 25.5 Å². The van der Waals surface area contributed by atoms with Crippen LogP contribution in [0.15, 0.2) is 53.7 Å². The summed E-state index contributed by atoms with van der Waals surface area (Å²) >= 11 is 1.34. The van der Waals surface area contributed by atoms with Gasteiger partial charge in [-0.15, -0.1) is 5.10 Å². The summed E-state index contributed by atoms with van der Waals surface area (Å²) in [5.41, 5.74) is 4.35. The zero-order chi connectivity index (χ0) is 18.4. The Kier molecular flexibility index (Phi) is 6.01. The van der Waals surface area contributed by atoms with E-state index in [-0.39, 0.29) is 11.7 Å². The van der Waals surface area contributed by atoms with Gasteiger partial charge in [0.1, 0.15) is 0 Å². The van der Waals surface area contributed by atoms with Crippen LogP contribution in [0.25, 0.3) is 5.69 Å². The van der Waals surface area contributed by atoms with Gasteiger partial charge in [-0.25, -0.2) is 0 Å². The van der Waals surface area contributed by atoms with Crippen LogP contribution in [0.5, 0.6) is 0 Å². The van der Waals surface area contributed by atoms with Crippen LogP contribution in [0.4, 0.5) is 0 Å². The fourth-order valence-corrected chi connectivity index (χ4v) is 3.43. The lowest BCUT2D eigenvalue weighted by atomic mass is 10.1. The van der Waals surface area contributed by atoms with Crippen molar-refractivity contribution in [2.75, 3.05) is 12.3 Å². The number of carbonyl (C=O) groups excluding carboxylic acids is 1. The van der Waals surface area contributed by atoms with E-state index in [4.69, 9.17) is 0 Å². The van der Waals surface area contributed by atoms with Gasteiger partial charge in [-0.3, -0.25) is 4.79 Å². The molecule has 2 aromatic carbocycles. The Hall–Kier alpha value is -2.67. The number of hydrogen-bond donors (Lipinski definition) is 1. The molecule has 1 aromatic heterocycles. The highest BCUT2D eigenvalue weighted by Crippen LogP contribution is 2.23. The third-order valence-corrected chi connectivity index (χ3v) is 4.92. The molecular formula is C19H21N5OS. The Labute approximate surface area is 157 Å². The lowest BCUT2D eigenvalue weighted by Gasteiger charge is -2.10. The molecule has 3 rings (SSSR count). The molecule has 1 heterocycles. The molecule has 0 fully saturated rings. The minimum atomic E-state index is -0.0259. The van der Waals surface area contributed by atoms with Crippen LogP contribution >= 0.6 is 11.8 Å². The molecule has 0 atom stereocenters. The fourth-order valence-electron chi connectivity index (χ4n) is 2.72. The zero-order valence-electron chi connectivity index (χ0n) is 14.8. The summed E-state index contributed by atoms with van der Waals surface area (Å²) in [5.74, 6) is 0.252. The third kappa shape index (κ3) is 4.49. The first kappa shape index (κ1) is 18.1. The summed E-state index contributed by atoms with van der Waals surface area (Å²) in [7, 11) is 0. The summed E-state index contributed by atoms with van der Waals surface area (Å²) in [6, 6.07) is 16.1. The molecular weight excluding hydrogens is 346 g/mol. The van der Waals surface area contributed by atoms with Crippen LogP contribution in [0.2, 0.25) is 0 Å². The highest BCUT2D eigenvalue weighted by atomic mass is 32.2. The second kappa shape index (κ2) is 8.62. The van der Waals surface area contributed by atoms with Gasteiger partial charge in [0.05, 0.1) is 11.4 Å². The summed E-state index contributed by atoms with van der Waals surface area (Å²) in [5, 5.41) is 15.5. The van der Waals surface area contributed by atoms with Gasteiger partial charge in [0.25, 0.3) is 0 Å². The molecule has 0 saturated carbocycles. The molecule has 1 N–H and O–H groups in total. The Morgan fingerprint density at radius 3 is 2.54 bits per heavy atom. The molecule has 134 valence electrons. The maximum atomic E-state index is 12.1. The van der Waals surface area contributed by atoms with Crippen LogP contribution in [-0.2, 0) is 11.2 Å².